The van der Waals surface area contributed by atoms with Gasteiger partial charge in [0.05, 0.1) is 0 Å². The standard InChI is InChI=1S/C4H12Si.Li.H/c1-4-5(2)3;;/h5H,4H2,1-3H3;;/q;+1;-1. The Morgan fingerprint density at radius 1 is 1.50 bits per heavy atom. The molecule has 2 heteroatoms. The molecule has 0 aliphatic rings. The van der Waals surface area contributed by atoms with Crippen LogP contribution in [0.1, 0.15) is 8.35 Å². The molecular weight excluding hydrogens is 83.1 g/mol. The van der Waals surface area contributed by atoms with E-state index in [9.17, 15) is 0 Å². The van der Waals surface area contributed by atoms with E-state index in [1.165, 1.54) is 6.04 Å². The Labute approximate surface area is 55.6 Å². The third-order valence-electron chi connectivity index (χ3n) is 0.816. The molecule has 0 heterocycles. The van der Waals surface area contributed by atoms with Crippen LogP contribution in [0, 0.1) is 0 Å². The number of hydrogen-bond donors (Lipinski definition) is 0. The summed E-state index contributed by atoms with van der Waals surface area (Å²) in [7, 11) is -0.150. The molecule has 0 aliphatic heterocycles. The van der Waals surface area contributed by atoms with Crippen molar-refractivity contribution >= 4 is 8.80 Å². The summed E-state index contributed by atoms with van der Waals surface area (Å²) in [5.74, 6) is 0. The van der Waals surface area contributed by atoms with Crippen LogP contribution in [0.5, 0.6) is 0 Å². The molecule has 0 N–H and O–H groups in total. The van der Waals surface area contributed by atoms with Gasteiger partial charge in [0.1, 0.15) is 0 Å². The van der Waals surface area contributed by atoms with Crippen molar-refractivity contribution in [3.05, 3.63) is 0 Å². The molecule has 0 rings (SSSR count). The second kappa shape index (κ2) is 5.81. The molecule has 0 bridgehead atoms. The molecule has 0 saturated heterocycles. The maximum atomic E-state index is 2.36. The molecular formula is C4H13LiSi. The van der Waals surface area contributed by atoms with Gasteiger partial charge in [-0.1, -0.05) is 26.1 Å². The van der Waals surface area contributed by atoms with Crippen LogP contribution in [0.4, 0.5) is 0 Å². The second-order valence-corrected chi connectivity index (χ2v) is 5.41. The molecule has 0 amide bonds. The maximum Gasteiger partial charge on any atom is 1.00 e. The van der Waals surface area contributed by atoms with Gasteiger partial charge in [-0.05, 0) is 0 Å². The molecule has 0 aliphatic carbocycles. The number of hydrogen-bond acceptors (Lipinski definition) is 0. The summed E-state index contributed by atoms with van der Waals surface area (Å²) >= 11 is 0. The second-order valence-electron chi connectivity index (χ2n) is 1.80. The van der Waals surface area contributed by atoms with Crippen LogP contribution in [0.2, 0.25) is 19.1 Å². The Balaban J connectivity index is -0.0000000800. The van der Waals surface area contributed by atoms with Gasteiger partial charge in [-0.25, -0.2) is 0 Å². The third-order valence-corrected chi connectivity index (χ3v) is 2.45. The first-order valence-corrected chi connectivity index (χ1v) is 5.40. The van der Waals surface area contributed by atoms with Crippen LogP contribution < -0.4 is 18.9 Å². The van der Waals surface area contributed by atoms with Crippen molar-refractivity contribution < 1.29 is 20.3 Å². The predicted octanol–water partition coefficient (Wildman–Crippen LogP) is -1.39. The zero-order valence-electron chi connectivity index (χ0n) is 6.28. The summed E-state index contributed by atoms with van der Waals surface area (Å²) in [6, 6.07) is 1.44. The summed E-state index contributed by atoms with van der Waals surface area (Å²) in [6.45, 7) is 6.98. The summed E-state index contributed by atoms with van der Waals surface area (Å²) in [5, 5.41) is 0. The molecule has 0 unspecified atom stereocenters. The van der Waals surface area contributed by atoms with Gasteiger partial charge in [0, 0.05) is 8.80 Å². The molecule has 0 nitrogen and oxygen atoms in total. The molecule has 0 aromatic rings. The van der Waals surface area contributed by atoms with E-state index in [-0.39, 0.29) is 29.1 Å². The monoisotopic (exact) mass is 96.1 g/mol. The van der Waals surface area contributed by atoms with Crippen molar-refractivity contribution in [2.24, 2.45) is 0 Å². The van der Waals surface area contributed by atoms with Crippen molar-refractivity contribution in [3.8, 4) is 0 Å². The van der Waals surface area contributed by atoms with Crippen molar-refractivity contribution in [1.82, 2.24) is 0 Å². The van der Waals surface area contributed by atoms with E-state index in [4.69, 9.17) is 0 Å². The van der Waals surface area contributed by atoms with E-state index < -0.39 is 0 Å². The first-order valence-electron chi connectivity index (χ1n) is 2.27. The fourth-order valence-corrected chi connectivity index (χ4v) is 0. The SMILES string of the molecule is CC[SiH](C)C.[H-].[Li+]. The Morgan fingerprint density at radius 3 is 1.67 bits per heavy atom. The Hall–Kier alpha value is 0.814. The van der Waals surface area contributed by atoms with Crippen LogP contribution in [-0.2, 0) is 0 Å². The summed E-state index contributed by atoms with van der Waals surface area (Å²) in [4.78, 5) is 0. The van der Waals surface area contributed by atoms with E-state index in [1.54, 1.807) is 0 Å². The topological polar surface area (TPSA) is 0 Å². The molecule has 0 fully saturated rings. The summed E-state index contributed by atoms with van der Waals surface area (Å²) < 4.78 is 0. The first kappa shape index (κ1) is 9.94. The molecule has 34 valence electrons. The van der Waals surface area contributed by atoms with Crippen molar-refractivity contribution in [2.75, 3.05) is 0 Å². The first-order chi connectivity index (χ1) is 2.27. The molecule has 0 aromatic carbocycles. The molecule has 0 spiro atoms. The van der Waals surface area contributed by atoms with Gasteiger partial charge < -0.3 is 1.43 Å². The minimum Gasteiger partial charge on any atom is -1.00 e. The van der Waals surface area contributed by atoms with Crippen LogP contribution in [0.15, 0.2) is 0 Å². The van der Waals surface area contributed by atoms with Crippen LogP contribution >= 0.6 is 0 Å². The van der Waals surface area contributed by atoms with Crippen molar-refractivity contribution in [2.45, 2.75) is 26.1 Å². The molecule has 0 saturated carbocycles. The summed E-state index contributed by atoms with van der Waals surface area (Å²) in [6.07, 6.45) is 0. The van der Waals surface area contributed by atoms with Crippen molar-refractivity contribution in [3.63, 3.8) is 0 Å². The van der Waals surface area contributed by atoms with E-state index in [0.717, 1.165) is 0 Å². The van der Waals surface area contributed by atoms with Crippen molar-refractivity contribution in [1.29, 1.82) is 0 Å². The van der Waals surface area contributed by atoms with E-state index in [0.29, 0.717) is 0 Å². The smallest absolute Gasteiger partial charge is 1.00 e. The molecule has 0 atom stereocenters. The number of rotatable bonds is 1. The van der Waals surface area contributed by atoms with E-state index in [2.05, 4.69) is 20.0 Å². The molecule has 0 radical (unpaired) electrons. The Bertz CT molecular complexity index is 25.7. The van der Waals surface area contributed by atoms with Gasteiger partial charge in [0.15, 0.2) is 0 Å². The van der Waals surface area contributed by atoms with E-state index >= 15 is 0 Å². The average molecular weight is 96.2 g/mol. The van der Waals surface area contributed by atoms with Crippen LogP contribution in [0.3, 0.4) is 0 Å². The Morgan fingerprint density at radius 2 is 1.67 bits per heavy atom. The third kappa shape index (κ3) is 8.84. The summed E-state index contributed by atoms with van der Waals surface area (Å²) in [5.41, 5.74) is 0. The van der Waals surface area contributed by atoms with Gasteiger partial charge >= 0.3 is 18.9 Å². The minimum atomic E-state index is -0.150. The Kier molecular flexibility index (Phi) is 9.63. The van der Waals surface area contributed by atoms with Crippen LogP contribution in [-0.4, -0.2) is 8.80 Å². The average Bonchev–Trinajstić information content (AvgIpc) is 1.38. The van der Waals surface area contributed by atoms with Gasteiger partial charge in [-0.3, -0.25) is 0 Å². The van der Waals surface area contributed by atoms with Gasteiger partial charge in [-0.2, -0.15) is 0 Å². The fourth-order valence-electron chi connectivity index (χ4n) is 0. The van der Waals surface area contributed by atoms with E-state index in [1.807, 2.05) is 0 Å². The molecule has 6 heavy (non-hydrogen) atoms. The normalized spacial score (nSPS) is 8.00. The van der Waals surface area contributed by atoms with Gasteiger partial charge in [0.2, 0.25) is 0 Å². The quantitative estimate of drug-likeness (QED) is 0.353. The van der Waals surface area contributed by atoms with Crippen LogP contribution in [0.25, 0.3) is 0 Å². The van der Waals surface area contributed by atoms with Gasteiger partial charge in [-0.15, -0.1) is 0 Å². The molecule has 0 aromatic heterocycles. The minimum absolute atomic E-state index is 0. The van der Waals surface area contributed by atoms with Gasteiger partial charge in [0.25, 0.3) is 0 Å². The zero-order valence-corrected chi connectivity index (χ0v) is 6.44. The maximum absolute atomic E-state index is 2.36. The largest absolute Gasteiger partial charge is 1.00 e. The fraction of sp³-hybridized carbons (Fsp3) is 1.00. The zero-order chi connectivity index (χ0) is 4.28. The predicted molar refractivity (Wildman–Crippen MR) is 30.5 cm³/mol.